The number of benzene rings is 1. The predicted octanol–water partition coefficient (Wildman–Crippen LogP) is 3.75. The molecule has 1 aromatic heterocycles. The minimum atomic E-state index is 0.0537. The molecular formula is C15H18N2. The summed E-state index contributed by atoms with van der Waals surface area (Å²) in [6.45, 7) is 8.51. The molecule has 0 aliphatic carbocycles. The van der Waals surface area contributed by atoms with Crippen molar-refractivity contribution in [1.29, 1.82) is 0 Å². The zero-order valence-corrected chi connectivity index (χ0v) is 10.9. The van der Waals surface area contributed by atoms with Crippen LogP contribution in [0.25, 0.3) is 11.3 Å². The van der Waals surface area contributed by atoms with Gasteiger partial charge in [-0.15, -0.1) is 0 Å². The van der Waals surface area contributed by atoms with E-state index in [2.05, 4.69) is 62.2 Å². The molecular weight excluding hydrogens is 208 g/mol. The summed E-state index contributed by atoms with van der Waals surface area (Å²) in [5.41, 5.74) is 4.37. The normalized spacial score (nSPS) is 11.5. The summed E-state index contributed by atoms with van der Waals surface area (Å²) in [5.74, 6) is 0. The van der Waals surface area contributed by atoms with Crippen LogP contribution >= 0.6 is 0 Å². The van der Waals surface area contributed by atoms with Gasteiger partial charge in [0.15, 0.2) is 0 Å². The molecule has 0 fully saturated rings. The van der Waals surface area contributed by atoms with Crippen molar-refractivity contribution < 1.29 is 0 Å². The zero-order chi connectivity index (χ0) is 12.5. The van der Waals surface area contributed by atoms with Crippen LogP contribution in [0.3, 0.4) is 0 Å². The summed E-state index contributed by atoms with van der Waals surface area (Å²) in [6, 6.07) is 12.4. The highest BCUT2D eigenvalue weighted by molar-refractivity contribution is 5.59. The van der Waals surface area contributed by atoms with Crippen molar-refractivity contribution in [1.82, 2.24) is 10.2 Å². The van der Waals surface area contributed by atoms with Crippen molar-refractivity contribution in [3.8, 4) is 11.3 Å². The van der Waals surface area contributed by atoms with Crippen LogP contribution in [-0.4, -0.2) is 10.2 Å². The van der Waals surface area contributed by atoms with Crippen LogP contribution in [-0.2, 0) is 5.41 Å². The van der Waals surface area contributed by atoms with Gasteiger partial charge in [0, 0.05) is 11.0 Å². The van der Waals surface area contributed by atoms with E-state index in [1.807, 2.05) is 12.1 Å². The van der Waals surface area contributed by atoms with Crippen molar-refractivity contribution in [2.75, 3.05) is 0 Å². The van der Waals surface area contributed by atoms with E-state index in [1.54, 1.807) is 0 Å². The van der Waals surface area contributed by atoms with Crippen molar-refractivity contribution >= 4 is 0 Å². The van der Waals surface area contributed by atoms with Crippen LogP contribution in [0.15, 0.2) is 36.4 Å². The highest BCUT2D eigenvalue weighted by Gasteiger charge is 2.15. The molecule has 17 heavy (non-hydrogen) atoms. The number of aromatic nitrogens is 2. The quantitative estimate of drug-likeness (QED) is 0.740. The van der Waals surface area contributed by atoms with Gasteiger partial charge in [0.2, 0.25) is 0 Å². The third-order valence-electron chi connectivity index (χ3n) is 2.75. The first-order valence-electron chi connectivity index (χ1n) is 5.88. The van der Waals surface area contributed by atoms with Crippen LogP contribution < -0.4 is 0 Å². The predicted molar refractivity (Wildman–Crippen MR) is 70.9 cm³/mol. The number of aryl methyl sites for hydroxylation is 1. The van der Waals surface area contributed by atoms with E-state index in [4.69, 9.17) is 0 Å². The van der Waals surface area contributed by atoms with Crippen LogP contribution in [0.5, 0.6) is 0 Å². The second-order valence-corrected chi connectivity index (χ2v) is 5.42. The van der Waals surface area contributed by atoms with E-state index in [-0.39, 0.29) is 5.41 Å². The molecule has 2 nitrogen and oxygen atoms in total. The summed E-state index contributed by atoms with van der Waals surface area (Å²) in [6.07, 6.45) is 0. The summed E-state index contributed by atoms with van der Waals surface area (Å²) in [5, 5.41) is 8.61. The Morgan fingerprint density at radius 2 is 1.71 bits per heavy atom. The molecule has 0 radical (unpaired) electrons. The first-order valence-corrected chi connectivity index (χ1v) is 5.88. The van der Waals surface area contributed by atoms with E-state index in [0.29, 0.717) is 0 Å². The van der Waals surface area contributed by atoms with E-state index in [0.717, 1.165) is 17.0 Å². The third kappa shape index (κ3) is 2.70. The van der Waals surface area contributed by atoms with E-state index < -0.39 is 0 Å². The molecule has 0 saturated carbocycles. The number of hydrogen-bond donors (Lipinski definition) is 0. The summed E-state index contributed by atoms with van der Waals surface area (Å²) >= 11 is 0. The zero-order valence-electron chi connectivity index (χ0n) is 10.9. The monoisotopic (exact) mass is 226 g/mol. The largest absolute Gasteiger partial charge is 0.154 e. The SMILES string of the molecule is Cc1cccc(-c2ccc(C(C)(C)C)nn2)c1. The standard InChI is InChI=1S/C15H18N2/c1-11-6-5-7-12(10-11)13-8-9-14(17-16-13)15(2,3)4/h5-10H,1-4H3. The van der Waals surface area contributed by atoms with Gasteiger partial charge < -0.3 is 0 Å². The highest BCUT2D eigenvalue weighted by Crippen LogP contribution is 2.22. The van der Waals surface area contributed by atoms with Gasteiger partial charge in [-0.25, -0.2) is 0 Å². The van der Waals surface area contributed by atoms with Gasteiger partial charge >= 0.3 is 0 Å². The van der Waals surface area contributed by atoms with Crippen LogP contribution in [0.1, 0.15) is 32.0 Å². The molecule has 2 rings (SSSR count). The van der Waals surface area contributed by atoms with Gasteiger partial charge in [-0.1, -0.05) is 44.5 Å². The van der Waals surface area contributed by atoms with Crippen molar-refractivity contribution in [2.24, 2.45) is 0 Å². The second kappa shape index (κ2) is 4.28. The Morgan fingerprint density at radius 3 is 2.24 bits per heavy atom. The average molecular weight is 226 g/mol. The molecule has 1 aromatic carbocycles. The smallest absolute Gasteiger partial charge is 0.0929 e. The molecule has 0 bridgehead atoms. The Bertz CT molecular complexity index is 507. The fourth-order valence-corrected chi connectivity index (χ4v) is 1.69. The molecule has 0 aliphatic rings. The van der Waals surface area contributed by atoms with Crippen LogP contribution in [0.4, 0.5) is 0 Å². The Hall–Kier alpha value is -1.70. The Kier molecular flexibility index (Phi) is 2.97. The van der Waals surface area contributed by atoms with E-state index in [1.165, 1.54) is 5.56 Å². The number of nitrogens with zero attached hydrogens (tertiary/aromatic N) is 2. The molecule has 2 aromatic rings. The van der Waals surface area contributed by atoms with Crippen LogP contribution in [0.2, 0.25) is 0 Å². The molecule has 0 amide bonds. The number of hydrogen-bond acceptors (Lipinski definition) is 2. The third-order valence-corrected chi connectivity index (χ3v) is 2.75. The lowest BCUT2D eigenvalue weighted by Gasteiger charge is -2.16. The maximum Gasteiger partial charge on any atom is 0.0929 e. The molecule has 0 atom stereocenters. The molecule has 0 unspecified atom stereocenters. The summed E-state index contributed by atoms with van der Waals surface area (Å²) < 4.78 is 0. The molecule has 0 N–H and O–H groups in total. The summed E-state index contributed by atoms with van der Waals surface area (Å²) in [4.78, 5) is 0. The summed E-state index contributed by atoms with van der Waals surface area (Å²) in [7, 11) is 0. The van der Waals surface area contributed by atoms with Gasteiger partial charge in [-0.3, -0.25) is 0 Å². The topological polar surface area (TPSA) is 25.8 Å². The second-order valence-electron chi connectivity index (χ2n) is 5.42. The van der Waals surface area contributed by atoms with Gasteiger partial charge in [0.1, 0.15) is 0 Å². The van der Waals surface area contributed by atoms with Crippen molar-refractivity contribution in [3.63, 3.8) is 0 Å². The molecule has 0 aliphatic heterocycles. The lowest BCUT2D eigenvalue weighted by atomic mass is 9.92. The lowest BCUT2D eigenvalue weighted by molar-refractivity contribution is 0.559. The van der Waals surface area contributed by atoms with Gasteiger partial charge in [0.25, 0.3) is 0 Å². The fourth-order valence-electron chi connectivity index (χ4n) is 1.69. The van der Waals surface area contributed by atoms with E-state index >= 15 is 0 Å². The molecule has 0 saturated heterocycles. The highest BCUT2D eigenvalue weighted by atomic mass is 15.1. The lowest BCUT2D eigenvalue weighted by Crippen LogP contribution is -2.14. The maximum atomic E-state index is 4.31. The van der Waals surface area contributed by atoms with Gasteiger partial charge in [-0.05, 0) is 25.1 Å². The molecule has 1 heterocycles. The average Bonchev–Trinajstić information content (AvgIpc) is 2.28. The molecule has 0 spiro atoms. The van der Waals surface area contributed by atoms with Crippen molar-refractivity contribution in [2.45, 2.75) is 33.1 Å². The van der Waals surface area contributed by atoms with Crippen LogP contribution in [0, 0.1) is 6.92 Å². The van der Waals surface area contributed by atoms with Crippen molar-refractivity contribution in [3.05, 3.63) is 47.7 Å². The minimum Gasteiger partial charge on any atom is -0.154 e. The first kappa shape index (κ1) is 11.8. The van der Waals surface area contributed by atoms with E-state index in [9.17, 15) is 0 Å². The maximum absolute atomic E-state index is 4.31. The Balaban J connectivity index is 2.36. The minimum absolute atomic E-state index is 0.0537. The molecule has 88 valence electrons. The number of rotatable bonds is 1. The van der Waals surface area contributed by atoms with Gasteiger partial charge in [-0.2, -0.15) is 10.2 Å². The molecule has 2 heteroatoms. The Morgan fingerprint density at radius 1 is 0.941 bits per heavy atom. The Labute approximate surface area is 103 Å². The fraction of sp³-hybridized carbons (Fsp3) is 0.333. The first-order chi connectivity index (χ1) is 7.97. The van der Waals surface area contributed by atoms with Gasteiger partial charge in [0.05, 0.1) is 11.4 Å².